The second-order valence-corrected chi connectivity index (χ2v) is 4.60. The van der Waals surface area contributed by atoms with E-state index >= 15 is 0 Å². The number of phenolic OH excluding ortho intramolecular Hbond substituents is 1. The molecule has 2 aromatic carbocycles. The van der Waals surface area contributed by atoms with Crippen LogP contribution in [0, 0.1) is 0 Å². The van der Waals surface area contributed by atoms with Crippen LogP contribution in [0.1, 0.15) is 11.1 Å². The van der Waals surface area contributed by atoms with Gasteiger partial charge in [0.2, 0.25) is 0 Å². The Morgan fingerprint density at radius 1 is 1.00 bits per heavy atom. The molecule has 104 valence electrons. The van der Waals surface area contributed by atoms with E-state index in [1.807, 2.05) is 30.3 Å². The molecule has 1 aliphatic heterocycles. The summed E-state index contributed by atoms with van der Waals surface area (Å²) in [5.41, 5.74) is 3.14. The maximum atomic E-state index is 9.64. The number of nitrogens with zero attached hydrogens (tertiary/aromatic N) is 2. The van der Waals surface area contributed by atoms with Gasteiger partial charge in [0.25, 0.3) is 0 Å². The van der Waals surface area contributed by atoms with Crippen molar-refractivity contribution in [2.45, 2.75) is 0 Å². The molecule has 0 aromatic heterocycles. The molecule has 0 fully saturated rings. The van der Waals surface area contributed by atoms with E-state index in [2.05, 4.69) is 16.6 Å². The molecule has 0 bridgehead atoms. The summed E-state index contributed by atoms with van der Waals surface area (Å²) < 4.78 is 5.11. The third-order valence-electron chi connectivity index (χ3n) is 3.22. The average molecular weight is 278 g/mol. The van der Waals surface area contributed by atoms with Gasteiger partial charge in [0, 0.05) is 11.1 Å². The molecule has 0 amide bonds. The van der Waals surface area contributed by atoms with Crippen LogP contribution in [0.2, 0.25) is 0 Å². The lowest BCUT2D eigenvalue weighted by Crippen LogP contribution is -1.99. The van der Waals surface area contributed by atoms with Gasteiger partial charge >= 0.3 is 0 Å². The Morgan fingerprint density at radius 2 is 1.76 bits per heavy atom. The third-order valence-corrected chi connectivity index (χ3v) is 3.22. The van der Waals surface area contributed by atoms with Gasteiger partial charge in [-0.15, -0.1) is 0 Å². The lowest BCUT2D eigenvalue weighted by Gasteiger charge is -2.04. The highest BCUT2D eigenvalue weighted by Crippen LogP contribution is 2.28. The molecular formula is C17H14N2O2. The lowest BCUT2D eigenvalue weighted by atomic mass is 10.1. The van der Waals surface area contributed by atoms with E-state index in [1.165, 1.54) is 7.11 Å². The van der Waals surface area contributed by atoms with Crippen molar-refractivity contribution in [3.8, 4) is 11.5 Å². The number of aromatic hydroxyl groups is 1. The lowest BCUT2D eigenvalue weighted by molar-refractivity contribution is 0.373. The molecule has 2 aromatic rings. The fourth-order valence-electron chi connectivity index (χ4n) is 2.15. The fraction of sp³-hybridized carbons (Fsp3) is 0.0588. The summed E-state index contributed by atoms with van der Waals surface area (Å²) in [6.45, 7) is 3.95. The summed E-state index contributed by atoms with van der Waals surface area (Å²) in [4.78, 5) is 8.95. The van der Waals surface area contributed by atoms with Crippen molar-refractivity contribution in [2.24, 2.45) is 9.98 Å². The van der Waals surface area contributed by atoms with Crippen molar-refractivity contribution in [3.05, 3.63) is 71.9 Å². The maximum absolute atomic E-state index is 9.64. The minimum Gasteiger partial charge on any atom is -0.504 e. The van der Waals surface area contributed by atoms with Crippen LogP contribution >= 0.6 is 0 Å². The van der Waals surface area contributed by atoms with Crippen LogP contribution in [0.4, 0.5) is 0 Å². The molecule has 0 radical (unpaired) electrons. The van der Waals surface area contributed by atoms with Gasteiger partial charge in [0.15, 0.2) is 17.3 Å². The van der Waals surface area contributed by atoms with Crippen molar-refractivity contribution >= 4 is 11.5 Å². The molecular weight excluding hydrogens is 264 g/mol. The molecule has 0 unspecified atom stereocenters. The molecule has 4 nitrogen and oxygen atoms in total. The van der Waals surface area contributed by atoms with Crippen molar-refractivity contribution in [1.82, 2.24) is 0 Å². The molecule has 0 aliphatic carbocycles. The Labute approximate surface area is 122 Å². The molecule has 0 saturated heterocycles. The van der Waals surface area contributed by atoms with Crippen LogP contribution in [0.15, 0.2) is 70.8 Å². The summed E-state index contributed by atoms with van der Waals surface area (Å²) in [7, 11) is 1.51. The smallest absolute Gasteiger partial charge is 0.161 e. The minimum absolute atomic E-state index is 0.0888. The van der Waals surface area contributed by atoms with Gasteiger partial charge < -0.3 is 9.84 Å². The van der Waals surface area contributed by atoms with Gasteiger partial charge in [-0.3, -0.25) is 0 Å². The number of amidine groups is 1. The number of hydrogen-bond acceptors (Lipinski definition) is 4. The number of rotatable bonds is 3. The van der Waals surface area contributed by atoms with Crippen LogP contribution in [-0.2, 0) is 0 Å². The van der Waals surface area contributed by atoms with Crippen molar-refractivity contribution in [3.63, 3.8) is 0 Å². The minimum atomic E-state index is 0.0888. The first-order valence-corrected chi connectivity index (χ1v) is 6.48. The van der Waals surface area contributed by atoms with Gasteiger partial charge in [0.1, 0.15) is 0 Å². The molecule has 1 heterocycles. The third kappa shape index (κ3) is 2.43. The van der Waals surface area contributed by atoms with Crippen LogP contribution in [0.25, 0.3) is 0 Å². The summed E-state index contributed by atoms with van der Waals surface area (Å²) >= 11 is 0. The predicted octanol–water partition coefficient (Wildman–Crippen LogP) is 3.16. The van der Waals surface area contributed by atoms with Crippen LogP contribution < -0.4 is 4.74 Å². The van der Waals surface area contributed by atoms with Crippen molar-refractivity contribution in [2.75, 3.05) is 7.11 Å². The molecule has 1 N–H and O–H groups in total. The first-order chi connectivity index (χ1) is 10.2. The highest BCUT2D eigenvalue weighted by atomic mass is 16.5. The average Bonchev–Trinajstić information content (AvgIpc) is 2.90. The zero-order valence-corrected chi connectivity index (χ0v) is 11.6. The van der Waals surface area contributed by atoms with Gasteiger partial charge in [-0.25, -0.2) is 9.98 Å². The van der Waals surface area contributed by atoms with Crippen molar-refractivity contribution in [1.29, 1.82) is 0 Å². The van der Waals surface area contributed by atoms with E-state index in [0.717, 1.165) is 16.8 Å². The van der Waals surface area contributed by atoms with Crippen molar-refractivity contribution < 1.29 is 9.84 Å². The standard InChI is InChI=1S/C17H14N2O2/c1-11-16(12-6-4-3-5-7-12)19-17(18-11)13-8-9-14(20)15(10-13)21-2/h3-10,20H,1H2,2H3. The first kappa shape index (κ1) is 13.1. The molecule has 21 heavy (non-hydrogen) atoms. The van der Waals surface area contributed by atoms with Crippen LogP contribution in [-0.4, -0.2) is 23.8 Å². The van der Waals surface area contributed by atoms with Crippen LogP contribution in [0.5, 0.6) is 11.5 Å². The Bertz CT molecular complexity index is 762. The summed E-state index contributed by atoms with van der Waals surface area (Å²) in [5.74, 6) is 1.05. The number of aliphatic imine (C=N–C) groups is 2. The topological polar surface area (TPSA) is 54.2 Å². The SMILES string of the molecule is C=C1N=C(c2ccc(O)c(OC)c2)N=C1c1ccccc1. The number of benzene rings is 2. The highest BCUT2D eigenvalue weighted by Gasteiger charge is 2.18. The van der Waals surface area contributed by atoms with E-state index in [-0.39, 0.29) is 5.75 Å². The Morgan fingerprint density at radius 3 is 2.48 bits per heavy atom. The molecule has 3 rings (SSSR count). The Kier molecular flexibility index (Phi) is 3.28. The number of allylic oxidation sites excluding steroid dienone is 1. The molecule has 0 saturated carbocycles. The largest absolute Gasteiger partial charge is 0.504 e. The number of hydrogen-bond donors (Lipinski definition) is 1. The first-order valence-electron chi connectivity index (χ1n) is 6.48. The fourth-order valence-corrected chi connectivity index (χ4v) is 2.15. The number of ether oxygens (including phenoxy) is 1. The summed E-state index contributed by atoms with van der Waals surface area (Å²) in [6.07, 6.45) is 0. The quantitative estimate of drug-likeness (QED) is 0.937. The Balaban J connectivity index is 1.99. The number of phenols is 1. The second-order valence-electron chi connectivity index (χ2n) is 4.60. The summed E-state index contributed by atoms with van der Waals surface area (Å²) in [6, 6.07) is 14.8. The van der Waals surface area contributed by atoms with Gasteiger partial charge in [0.05, 0.1) is 18.5 Å². The molecule has 4 heteroatoms. The summed E-state index contributed by atoms with van der Waals surface area (Å²) in [5, 5.41) is 9.64. The van der Waals surface area contributed by atoms with Gasteiger partial charge in [-0.2, -0.15) is 0 Å². The van der Waals surface area contributed by atoms with E-state index < -0.39 is 0 Å². The second kappa shape index (κ2) is 5.25. The normalized spacial score (nSPS) is 13.9. The molecule has 1 aliphatic rings. The van der Waals surface area contributed by atoms with Gasteiger partial charge in [-0.05, 0) is 18.2 Å². The number of methoxy groups -OCH3 is 1. The van der Waals surface area contributed by atoms with E-state index in [0.29, 0.717) is 17.3 Å². The van der Waals surface area contributed by atoms with E-state index in [1.54, 1.807) is 18.2 Å². The van der Waals surface area contributed by atoms with Gasteiger partial charge in [-0.1, -0.05) is 36.9 Å². The molecule has 0 atom stereocenters. The Hall–Kier alpha value is -2.88. The predicted molar refractivity (Wildman–Crippen MR) is 83.3 cm³/mol. The monoisotopic (exact) mass is 278 g/mol. The zero-order chi connectivity index (χ0) is 14.8. The van der Waals surface area contributed by atoms with Crippen LogP contribution in [0.3, 0.4) is 0 Å². The maximum Gasteiger partial charge on any atom is 0.161 e. The van der Waals surface area contributed by atoms with E-state index in [4.69, 9.17) is 4.74 Å². The van der Waals surface area contributed by atoms with E-state index in [9.17, 15) is 5.11 Å². The highest BCUT2D eigenvalue weighted by molar-refractivity contribution is 6.24. The molecule has 0 spiro atoms. The zero-order valence-electron chi connectivity index (χ0n) is 11.6.